The number of carbonyl (C=O) groups is 1. The summed E-state index contributed by atoms with van der Waals surface area (Å²) in [4.78, 5) is 13.1. The number of hydrogen-bond acceptors (Lipinski definition) is 3. The van der Waals surface area contributed by atoms with Crippen molar-refractivity contribution in [2.75, 3.05) is 19.0 Å². The van der Waals surface area contributed by atoms with Gasteiger partial charge in [0.1, 0.15) is 0 Å². The van der Waals surface area contributed by atoms with Gasteiger partial charge in [0.25, 0.3) is 0 Å². The Labute approximate surface area is 100 Å². The summed E-state index contributed by atoms with van der Waals surface area (Å²) in [5.74, 6) is 0. The predicted molar refractivity (Wildman–Crippen MR) is 64.5 cm³/mol. The lowest BCUT2D eigenvalue weighted by Crippen LogP contribution is -2.40. The molecule has 5 heteroatoms. The van der Waals surface area contributed by atoms with Crippen molar-refractivity contribution in [1.82, 2.24) is 4.90 Å². The fourth-order valence-corrected chi connectivity index (χ4v) is 1.16. The molecule has 0 saturated heterocycles. The van der Waals surface area contributed by atoms with Gasteiger partial charge in [-0.05, 0) is 31.2 Å². The average molecular weight is 233 g/mol. The maximum atomic E-state index is 11.7. The molecule has 0 aliphatic rings. The van der Waals surface area contributed by atoms with E-state index in [-0.39, 0.29) is 18.7 Å². The first-order valence-corrected chi connectivity index (χ1v) is 5.23. The van der Waals surface area contributed by atoms with Crippen LogP contribution in [-0.4, -0.2) is 35.7 Å². The molecule has 1 atom stereocenters. The van der Waals surface area contributed by atoms with Gasteiger partial charge < -0.3 is 15.3 Å². The van der Waals surface area contributed by atoms with Crippen LogP contribution in [0.4, 0.5) is 10.5 Å². The molecule has 90 valence electrons. The average Bonchev–Trinajstić information content (AvgIpc) is 2.37. The minimum atomic E-state index is -0.295. The Morgan fingerprint density at radius 2 is 2.12 bits per heavy atom. The van der Waals surface area contributed by atoms with Crippen LogP contribution in [-0.2, 0) is 0 Å². The van der Waals surface area contributed by atoms with E-state index in [1.54, 1.807) is 38.2 Å². The Morgan fingerprint density at radius 1 is 1.53 bits per heavy atom. The van der Waals surface area contributed by atoms with E-state index < -0.39 is 0 Å². The van der Waals surface area contributed by atoms with Crippen molar-refractivity contribution in [3.8, 4) is 6.07 Å². The Kier molecular flexibility index (Phi) is 4.49. The molecule has 0 radical (unpaired) electrons. The van der Waals surface area contributed by atoms with Crippen molar-refractivity contribution in [1.29, 1.82) is 5.26 Å². The fourth-order valence-electron chi connectivity index (χ4n) is 1.16. The number of urea groups is 1. The number of carbonyl (C=O) groups excluding carboxylic acids is 1. The van der Waals surface area contributed by atoms with Gasteiger partial charge in [0.2, 0.25) is 0 Å². The first kappa shape index (κ1) is 13.0. The van der Waals surface area contributed by atoms with Crippen LogP contribution in [0.1, 0.15) is 12.5 Å². The number of benzene rings is 1. The van der Waals surface area contributed by atoms with Gasteiger partial charge in [-0.2, -0.15) is 5.26 Å². The second-order valence-corrected chi connectivity index (χ2v) is 3.76. The van der Waals surface area contributed by atoms with Gasteiger partial charge in [-0.15, -0.1) is 0 Å². The molecule has 1 rings (SSSR count). The Bertz CT molecular complexity index is 422. The second-order valence-electron chi connectivity index (χ2n) is 3.76. The van der Waals surface area contributed by atoms with E-state index >= 15 is 0 Å². The highest BCUT2D eigenvalue weighted by Gasteiger charge is 2.14. The normalized spacial score (nSPS) is 11.4. The van der Waals surface area contributed by atoms with Crippen LogP contribution in [0.2, 0.25) is 0 Å². The van der Waals surface area contributed by atoms with Crippen molar-refractivity contribution >= 4 is 11.7 Å². The SMILES string of the molecule is CC(CO)N(C)C(=O)Nc1ccc(C#N)cc1. The molecular weight excluding hydrogens is 218 g/mol. The van der Waals surface area contributed by atoms with Gasteiger partial charge in [0.05, 0.1) is 24.3 Å². The molecule has 0 fully saturated rings. The van der Waals surface area contributed by atoms with E-state index in [9.17, 15) is 4.79 Å². The molecule has 1 unspecified atom stereocenters. The topological polar surface area (TPSA) is 76.4 Å². The molecule has 2 amide bonds. The third kappa shape index (κ3) is 3.47. The minimum Gasteiger partial charge on any atom is -0.394 e. The zero-order valence-electron chi connectivity index (χ0n) is 9.84. The second kappa shape index (κ2) is 5.87. The summed E-state index contributed by atoms with van der Waals surface area (Å²) in [6.45, 7) is 1.66. The summed E-state index contributed by atoms with van der Waals surface area (Å²) >= 11 is 0. The molecular formula is C12H15N3O2. The summed E-state index contributed by atoms with van der Waals surface area (Å²) in [6, 6.07) is 8.05. The van der Waals surface area contributed by atoms with Crippen LogP contribution >= 0.6 is 0 Å². The van der Waals surface area contributed by atoms with Crippen LogP contribution in [0, 0.1) is 11.3 Å². The lowest BCUT2D eigenvalue weighted by Gasteiger charge is -2.23. The van der Waals surface area contributed by atoms with E-state index in [0.29, 0.717) is 11.3 Å². The summed E-state index contributed by atoms with van der Waals surface area (Å²) in [6.07, 6.45) is 0. The van der Waals surface area contributed by atoms with Gasteiger partial charge >= 0.3 is 6.03 Å². The largest absolute Gasteiger partial charge is 0.394 e. The number of rotatable bonds is 3. The van der Waals surface area contributed by atoms with Crippen LogP contribution in [0.3, 0.4) is 0 Å². The zero-order valence-corrected chi connectivity index (χ0v) is 9.84. The number of aliphatic hydroxyl groups is 1. The quantitative estimate of drug-likeness (QED) is 0.828. The maximum Gasteiger partial charge on any atom is 0.321 e. The van der Waals surface area contributed by atoms with E-state index in [0.717, 1.165) is 0 Å². The third-order valence-electron chi connectivity index (χ3n) is 2.51. The van der Waals surface area contributed by atoms with Crippen molar-refractivity contribution in [3.63, 3.8) is 0 Å². The van der Waals surface area contributed by atoms with E-state index in [1.165, 1.54) is 4.90 Å². The lowest BCUT2D eigenvalue weighted by molar-refractivity contribution is 0.166. The third-order valence-corrected chi connectivity index (χ3v) is 2.51. The smallest absolute Gasteiger partial charge is 0.321 e. The molecule has 0 saturated carbocycles. The zero-order chi connectivity index (χ0) is 12.8. The number of nitrogens with one attached hydrogen (secondary N) is 1. The predicted octanol–water partition coefficient (Wildman–Crippen LogP) is 1.40. The molecule has 0 heterocycles. The first-order chi connectivity index (χ1) is 8.08. The summed E-state index contributed by atoms with van der Waals surface area (Å²) in [7, 11) is 1.61. The lowest BCUT2D eigenvalue weighted by atomic mass is 10.2. The Hall–Kier alpha value is -2.06. The first-order valence-electron chi connectivity index (χ1n) is 5.23. The highest BCUT2D eigenvalue weighted by Crippen LogP contribution is 2.10. The van der Waals surface area contributed by atoms with Crippen LogP contribution < -0.4 is 5.32 Å². The Balaban J connectivity index is 2.65. The van der Waals surface area contributed by atoms with Gasteiger partial charge in [-0.1, -0.05) is 0 Å². The van der Waals surface area contributed by atoms with Crippen LogP contribution in [0.5, 0.6) is 0 Å². The van der Waals surface area contributed by atoms with Crippen molar-refractivity contribution in [2.24, 2.45) is 0 Å². The molecule has 0 aromatic heterocycles. The summed E-state index contributed by atoms with van der Waals surface area (Å²) < 4.78 is 0. The van der Waals surface area contributed by atoms with Gasteiger partial charge in [0, 0.05) is 12.7 Å². The number of nitrogens with zero attached hydrogens (tertiary/aromatic N) is 2. The van der Waals surface area contributed by atoms with E-state index in [2.05, 4.69) is 5.32 Å². The monoisotopic (exact) mass is 233 g/mol. The molecule has 2 N–H and O–H groups in total. The van der Waals surface area contributed by atoms with Gasteiger partial charge in [-0.3, -0.25) is 0 Å². The van der Waals surface area contributed by atoms with Crippen molar-refractivity contribution in [2.45, 2.75) is 13.0 Å². The van der Waals surface area contributed by atoms with Crippen molar-refractivity contribution < 1.29 is 9.90 Å². The van der Waals surface area contributed by atoms with Crippen LogP contribution in [0.15, 0.2) is 24.3 Å². The molecule has 0 spiro atoms. The standard InChI is InChI=1S/C12H15N3O2/c1-9(8-16)15(2)12(17)14-11-5-3-10(7-13)4-6-11/h3-6,9,16H,8H2,1-2H3,(H,14,17). The maximum absolute atomic E-state index is 11.7. The molecule has 0 bridgehead atoms. The minimum absolute atomic E-state index is 0.0860. The molecule has 0 aliphatic carbocycles. The molecule has 1 aromatic rings. The molecule has 5 nitrogen and oxygen atoms in total. The summed E-state index contributed by atoms with van der Waals surface area (Å²) in [5, 5.41) is 20.2. The number of hydrogen-bond donors (Lipinski definition) is 2. The number of aliphatic hydroxyl groups excluding tert-OH is 1. The van der Waals surface area contributed by atoms with Gasteiger partial charge in [0.15, 0.2) is 0 Å². The molecule has 0 aliphatic heterocycles. The number of likely N-dealkylation sites (N-methyl/N-ethyl adjacent to an activating group) is 1. The molecule has 17 heavy (non-hydrogen) atoms. The van der Waals surface area contributed by atoms with Crippen molar-refractivity contribution in [3.05, 3.63) is 29.8 Å². The van der Waals surface area contributed by atoms with Crippen LogP contribution in [0.25, 0.3) is 0 Å². The summed E-state index contributed by atoms with van der Waals surface area (Å²) in [5.41, 5.74) is 1.16. The number of anilines is 1. The molecule has 1 aromatic carbocycles. The highest BCUT2D eigenvalue weighted by atomic mass is 16.3. The van der Waals surface area contributed by atoms with E-state index in [1.807, 2.05) is 6.07 Å². The Morgan fingerprint density at radius 3 is 2.59 bits per heavy atom. The van der Waals surface area contributed by atoms with Gasteiger partial charge in [-0.25, -0.2) is 4.79 Å². The number of nitriles is 1. The fraction of sp³-hybridized carbons (Fsp3) is 0.333. The highest BCUT2D eigenvalue weighted by molar-refractivity contribution is 5.89. The number of amides is 2. The van der Waals surface area contributed by atoms with E-state index in [4.69, 9.17) is 10.4 Å².